The molecule has 0 radical (unpaired) electrons. The number of carbonyl (C=O) groups excluding carboxylic acids is 2. The van der Waals surface area contributed by atoms with Crippen LogP contribution in [-0.4, -0.2) is 45.1 Å². The third kappa shape index (κ3) is 4.35. The van der Waals surface area contributed by atoms with Crippen LogP contribution in [0, 0.1) is 0 Å². The number of para-hydroxylation sites is 1. The number of benzene rings is 4. The summed E-state index contributed by atoms with van der Waals surface area (Å²) in [6, 6.07) is 36.0. The third-order valence-electron chi connectivity index (χ3n) is 11.0. The Labute approximate surface area is 295 Å². The summed E-state index contributed by atoms with van der Waals surface area (Å²) in [7, 11) is 1.98. The molecule has 0 aromatic heterocycles. The molecule has 49 heavy (non-hydrogen) atoms. The molecule has 6 nitrogen and oxygen atoms in total. The zero-order chi connectivity index (χ0) is 33.3. The van der Waals surface area contributed by atoms with Crippen LogP contribution in [-0.2, 0) is 15.1 Å². The van der Waals surface area contributed by atoms with Gasteiger partial charge in [0.05, 0.1) is 11.7 Å². The molecule has 8 heteroatoms. The molecule has 1 aliphatic carbocycles. The van der Waals surface area contributed by atoms with Crippen molar-refractivity contribution < 1.29 is 9.59 Å². The lowest BCUT2D eigenvalue weighted by Gasteiger charge is -2.42. The van der Waals surface area contributed by atoms with Crippen LogP contribution in [0.5, 0.6) is 0 Å². The van der Waals surface area contributed by atoms with Gasteiger partial charge < -0.3 is 5.32 Å². The van der Waals surface area contributed by atoms with Crippen LogP contribution in [0.25, 0.3) is 6.08 Å². The maximum absolute atomic E-state index is 15.9. The van der Waals surface area contributed by atoms with Crippen LogP contribution < -0.4 is 5.32 Å². The summed E-state index contributed by atoms with van der Waals surface area (Å²) in [4.78, 5) is 40.2. The van der Waals surface area contributed by atoms with Crippen LogP contribution in [0.15, 0.2) is 131 Å². The first-order valence-corrected chi connectivity index (χ1v) is 18.2. The number of thioether (sulfide) groups is 1. The normalized spacial score (nSPS) is 28.5. The molecule has 4 aromatic rings. The van der Waals surface area contributed by atoms with Gasteiger partial charge in [-0.3, -0.25) is 19.4 Å². The van der Waals surface area contributed by atoms with Crippen molar-refractivity contribution in [2.75, 3.05) is 18.9 Å². The lowest BCUT2D eigenvalue weighted by Crippen LogP contribution is -2.62. The highest BCUT2D eigenvalue weighted by molar-refractivity contribution is 8.16. The second-order valence-corrected chi connectivity index (χ2v) is 15.2. The van der Waals surface area contributed by atoms with Crippen molar-refractivity contribution in [3.63, 3.8) is 0 Å². The molecule has 4 aromatic carbocycles. The summed E-state index contributed by atoms with van der Waals surface area (Å²) in [6.07, 6.45) is 6.07. The van der Waals surface area contributed by atoms with Crippen molar-refractivity contribution >= 4 is 52.1 Å². The average Bonchev–Trinajstić information content (AvgIpc) is 3.63. The molecule has 9 rings (SSSR count). The maximum atomic E-state index is 15.9. The zero-order valence-corrected chi connectivity index (χ0v) is 28.7. The number of anilines is 1. The highest BCUT2D eigenvalue weighted by atomic mass is 35.5. The topological polar surface area (TPSA) is 65.0 Å². The highest BCUT2D eigenvalue weighted by Crippen LogP contribution is 2.67. The second kappa shape index (κ2) is 11.6. The van der Waals surface area contributed by atoms with Crippen LogP contribution >= 0.6 is 23.4 Å². The fraction of sp³-hybridized carbons (Fsp3) is 0.244. The number of halogens is 1. The smallest absolute Gasteiger partial charge is 0.251 e. The fourth-order valence-corrected chi connectivity index (χ4v) is 10.9. The Bertz CT molecular complexity index is 2100. The first kappa shape index (κ1) is 30.6. The van der Waals surface area contributed by atoms with Crippen molar-refractivity contribution in [3.05, 3.63) is 153 Å². The van der Waals surface area contributed by atoms with Gasteiger partial charge in [0.1, 0.15) is 4.75 Å². The number of hydrogen-bond acceptors (Lipinski definition) is 5. The van der Waals surface area contributed by atoms with Crippen molar-refractivity contribution in [1.29, 1.82) is 0 Å². The van der Waals surface area contributed by atoms with Gasteiger partial charge in [0.2, 0.25) is 5.91 Å². The molecule has 0 bridgehead atoms. The van der Waals surface area contributed by atoms with Crippen molar-refractivity contribution in [2.45, 2.75) is 47.9 Å². The molecule has 5 aliphatic rings. The summed E-state index contributed by atoms with van der Waals surface area (Å²) < 4.78 is -1.24. The Morgan fingerprint density at radius 1 is 0.857 bits per heavy atom. The van der Waals surface area contributed by atoms with Crippen LogP contribution in [0.3, 0.4) is 0 Å². The number of amides is 2. The molecule has 4 heterocycles. The summed E-state index contributed by atoms with van der Waals surface area (Å²) >= 11 is 7.88. The van der Waals surface area contributed by atoms with E-state index >= 15 is 4.79 Å². The third-order valence-corrected chi connectivity index (χ3v) is 12.8. The monoisotopic (exact) mass is 682 g/mol. The molecule has 4 atom stereocenters. The number of rotatable bonds is 3. The van der Waals surface area contributed by atoms with Crippen molar-refractivity contribution in [3.8, 4) is 0 Å². The van der Waals surface area contributed by atoms with E-state index in [9.17, 15) is 4.79 Å². The number of carbonyl (C=O) groups is 2. The minimum atomic E-state index is -1.27. The van der Waals surface area contributed by atoms with Gasteiger partial charge in [-0.25, -0.2) is 4.99 Å². The Balaban J connectivity index is 1.30. The summed E-state index contributed by atoms with van der Waals surface area (Å²) in [5, 5.41) is 4.47. The minimum Gasteiger partial charge on any atom is -0.324 e. The molecule has 0 saturated carbocycles. The Morgan fingerprint density at radius 2 is 1.55 bits per heavy atom. The minimum absolute atomic E-state index is 0.0781. The Kier molecular flexibility index (Phi) is 7.24. The summed E-state index contributed by atoms with van der Waals surface area (Å²) in [5.41, 5.74) is 6.81. The van der Waals surface area contributed by atoms with E-state index in [1.165, 1.54) is 22.9 Å². The molecular weight excluding hydrogens is 648 g/mol. The van der Waals surface area contributed by atoms with Gasteiger partial charge >= 0.3 is 0 Å². The van der Waals surface area contributed by atoms with Crippen LogP contribution in [0.2, 0.25) is 5.02 Å². The number of fused-ring (bicyclic) bond motifs is 4. The van der Waals surface area contributed by atoms with E-state index in [0.29, 0.717) is 16.7 Å². The van der Waals surface area contributed by atoms with Crippen molar-refractivity contribution in [1.82, 2.24) is 9.80 Å². The SMILES string of the molecule is CN1CC(c2ccc(Cl)cc2)C2(SC3=NC4=C(CCCC/C4=C\c4ccccc4)C(c4ccccc4)N3C2=O)C12C(=O)Nc1ccccc12. The quantitative estimate of drug-likeness (QED) is 0.235. The first-order chi connectivity index (χ1) is 23.9. The van der Waals surface area contributed by atoms with E-state index in [2.05, 4.69) is 52.7 Å². The van der Waals surface area contributed by atoms with Gasteiger partial charge in [-0.2, -0.15) is 0 Å². The van der Waals surface area contributed by atoms with E-state index in [1.807, 2.05) is 84.7 Å². The maximum Gasteiger partial charge on any atom is 0.251 e. The van der Waals surface area contributed by atoms with E-state index in [-0.39, 0.29) is 23.8 Å². The van der Waals surface area contributed by atoms with Crippen molar-refractivity contribution in [2.24, 2.45) is 4.99 Å². The molecule has 2 fully saturated rings. The lowest BCUT2D eigenvalue weighted by atomic mass is 9.71. The van der Waals surface area contributed by atoms with Crippen LogP contribution in [0.1, 0.15) is 59.9 Å². The molecule has 4 unspecified atom stereocenters. The average molecular weight is 683 g/mol. The number of likely N-dealkylation sites (N-methyl/N-ethyl adjacent to an activating group) is 1. The number of aliphatic imine (C=N–C) groups is 1. The first-order valence-electron chi connectivity index (χ1n) is 17.0. The molecular formula is C41H35ClN4O2S. The lowest BCUT2D eigenvalue weighted by molar-refractivity contribution is -0.139. The van der Waals surface area contributed by atoms with Gasteiger partial charge in [0.25, 0.3) is 5.91 Å². The molecule has 244 valence electrons. The van der Waals surface area contributed by atoms with Gasteiger partial charge in [-0.05, 0) is 84.8 Å². The van der Waals surface area contributed by atoms with Gasteiger partial charge in [0, 0.05) is 28.7 Å². The van der Waals surface area contributed by atoms with E-state index in [4.69, 9.17) is 16.6 Å². The molecule has 2 amide bonds. The Hall–Kier alpha value is -4.43. The number of nitrogens with zero attached hydrogens (tertiary/aromatic N) is 3. The predicted molar refractivity (Wildman–Crippen MR) is 197 cm³/mol. The second-order valence-electron chi connectivity index (χ2n) is 13.6. The van der Waals surface area contributed by atoms with Gasteiger partial charge in [-0.1, -0.05) is 114 Å². The van der Waals surface area contributed by atoms with E-state index in [0.717, 1.165) is 59.3 Å². The predicted octanol–water partition coefficient (Wildman–Crippen LogP) is 8.55. The molecule has 4 aliphatic heterocycles. The molecule has 2 spiro atoms. The standard InChI is InChI=1S/C41H35ClN4O2S/c1-45-25-33(27-20-22-30(42)23-21-27)41(40(45)32-18-10-11-19-34(32)43-37(40)47)38(48)46-36(28-14-6-3-7-15-28)31-17-9-8-16-29(35(31)44-39(46)49-41)24-26-12-4-2-5-13-26/h2-7,10-15,18-24,33,36H,8-9,16-17,25H2,1H3,(H,43,47)/b29-24+. The van der Waals surface area contributed by atoms with E-state index in [1.54, 1.807) is 0 Å². The molecule has 2 saturated heterocycles. The van der Waals surface area contributed by atoms with Crippen LogP contribution in [0.4, 0.5) is 5.69 Å². The number of likely N-dealkylation sites (tertiary alicyclic amines) is 1. The number of nitrogens with one attached hydrogen (secondary N) is 1. The largest absolute Gasteiger partial charge is 0.324 e. The number of hydrogen-bond donors (Lipinski definition) is 1. The fourth-order valence-electron chi connectivity index (χ4n) is 8.97. The van der Waals surface area contributed by atoms with Gasteiger partial charge in [-0.15, -0.1) is 0 Å². The summed E-state index contributed by atoms with van der Waals surface area (Å²) in [5.74, 6) is -0.580. The number of allylic oxidation sites excluding steroid dienone is 1. The van der Waals surface area contributed by atoms with Gasteiger partial charge in [0.15, 0.2) is 10.7 Å². The summed E-state index contributed by atoms with van der Waals surface area (Å²) in [6.45, 7) is 0.506. The highest BCUT2D eigenvalue weighted by Gasteiger charge is 2.78. The van der Waals surface area contributed by atoms with E-state index < -0.39 is 10.3 Å². The Morgan fingerprint density at radius 3 is 2.33 bits per heavy atom. The molecule has 1 N–H and O–H groups in total. The zero-order valence-electron chi connectivity index (χ0n) is 27.1. The number of amidine groups is 1.